The van der Waals surface area contributed by atoms with Crippen LogP contribution in [0, 0.1) is 0 Å². The highest BCUT2D eigenvalue weighted by atomic mass is 35.5. The average molecular weight is 439 g/mol. The summed E-state index contributed by atoms with van der Waals surface area (Å²) in [5.41, 5.74) is 0.0649. The second-order valence-electron chi connectivity index (χ2n) is 5.08. The number of ether oxygens (including phenoxy) is 1. The van der Waals surface area contributed by atoms with Crippen LogP contribution in [-0.2, 0) is 20.0 Å². The fourth-order valence-corrected chi connectivity index (χ4v) is 3.74. The Balaban J connectivity index is 2.23. The minimum atomic E-state index is -4.19. The van der Waals surface area contributed by atoms with Crippen LogP contribution in [0.3, 0.4) is 0 Å². The van der Waals surface area contributed by atoms with Crippen molar-refractivity contribution in [1.82, 2.24) is 0 Å². The molecular formula is C15H13ClF2N2O5S2. The Morgan fingerprint density at radius 2 is 1.70 bits per heavy atom. The van der Waals surface area contributed by atoms with Crippen LogP contribution in [0.4, 0.5) is 14.5 Å². The lowest BCUT2D eigenvalue weighted by molar-refractivity contribution is -0.0498. The summed E-state index contributed by atoms with van der Waals surface area (Å²) >= 11 is 5.77. The van der Waals surface area contributed by atoms with Gasteiger partial charge in [0.15, 0.2) is 0 Å². The Hall–Kier alpha value is -2.21. The van der Waals surface area contributed by atoms with Crippen molar-refractivity contribution in [2.24, 2.45) is 5.14 Å². The molecule has 0 amide bonds. The van der Waals surface area contributed by atoms with Crippen molar-refractivity contribution in [3.63, 3.8) is 0 Å². The maximum atomic E-state index is 12.2. The number of nitrogens with two attached hydrogens (primary N) is 1. The first kappa shape index (κ1) is 21.1. The first-order valence-electron chi connectivity index (χ1n) is 7.04. The Kier molecular flexibility index (Phi) is 6.42. The van der Waals surface area contributed by atoms with Gasteiger partial charge in [-0.1, -0.05) is 23.7 Å². The maximum Gasteiger partial charge on any atom is 0.387 e. The van der Waals surface area contributed by atoms with E-state index < -0.39 is 31.6 Å². The van der Waals surface area contributed by atoms with Crippen molar-refractivity contribution in [2.75, 3.05) is 4.72 Å². The molecular weight excluding hydrogens is 426 g/mol. The number of hydrogen-bond donors (Lipinski definition) is 2. The molecule has 7 nitrogen and oxygen atoms in total. The van der Waals surface area contributed by atoms with Gasteiger partial charge in [0, 0.05) is 5.02 Å². The van der Waals surface area contributed by atoms with E-state index in [-0.39, 0.29) is 16.5 Å². The summed E-state index contributed by atoms with van der Waals surface area (Å²) in [6.45, 7) is -2.97. The predicted molar refractivity (Wildman–Crippen MR) is 97.5 cm³/mol. The summed E-state index contributed by atoms with van der Waals surface area (Å²) in [5, 5.41) is 5.91. The van der Waals surface area contributed by atoms with Gasteiger partial charge < -0.3 is 4.74 Å². The zero-order valence-electron chi connectivity index (χ0n) is 13.3. The fourth-order valence-electron chi connectivity index (χ4n) is 1.95. The van der Waals surface area contributed by atoms with Crippen LogP contribution in [0.15, 0.2) is 52.8 Å². The zero-order valence-corrected chi connectivity index (χ0v) is 15.7. The van der Waals surface area contributed by atoms with Crippen molar-refractivity contribution in [3.8, 4) is 5.75 Å². The summed E-state index contributed by atoms with van der Waals surface area (Å²) < 4.78 is 77.9. The molecule has 0 aliphatic carbocycles. The molecule has 0 aliphatic rings. The summed E-state index contributed by atoms with van der Waals surface area (Å²) in [5.74, 6) is -0.0835. The summed E-state index contributed by atoms with van der Waals surface area (Å²) in [7, 11) is -8.31. The Morgan fingerprint density at radius 3 is 2.26 bits per heavy atom. The molecule has 3 N–H and O–H groups in total. The van der Waals surface area contributed by atoms with Gasteiger partial charge in [0.05, 0.1) is 11.1 Å². The maximum absolute atomic E-state index is 12.2. The van der Waals surface area contributed by atoms with Crippen molar-refractivity contribution in [2.45, 2.75) is 11.5 Å². The monoisotopic (exact) mass is 438 g/mol. The molecule has 2 aromatic carbocycles. The summed E-state index contributed by atoms with van der Waals surface area (Å²) in [4.78, 5) is -0.447. The van der Waals surface area contributed by atoms with E-state index in [1.165, 1.54) is 36.4 Å². The van der Waals surface area contributed by atoms with Crippen molar-refractivity contribution < 1.29 is 30.4 Å². The number of hydrogen-bond acceptors (Lipinski definition) is 5. The molecule has 0 atom stereocenters. The molecule has 146 valence electrons. The lowest BCUT2D eigenvalue weighted by atomic mass is 10.2. The van der Waals surface area contributed by atoms with E-state index in [4.69, 9.17) is 16.7 Å². The first-order valence-corrected chi connectivity index (χ1v) is 10.5. The molecule has 0 radical (unpaired) electrons. The smallest absolute Gasteiger partial charge is 0.387 e. The molecule has 0 aliphatic heterocycles. The van der Waals surface area contributed by atoms with E-state index >= 15 is 0 Å². The average Bonchev–Trinajstić information content (AvgIpc) is 2.52. The van der Waals surface area contributed by atoms with Crippen LogP contribution in [0.5, 0.6) is 5.75 Å². The topological polar surface area (TPSA) is 116 Å². The van der Waals surface area contributed by atoms with E-state index in [1.54, 1.807) is 0 Å². The molecule has 2 aromatic rings. The molecule has 0 saturated heterocycles. The van der Waals surface area contributed by atoms with E-state index in [2.05, 4.69) is 9.46 Å². The second kappa shape index (κ2) is 8.21. The van der Waals surface area contributed by atoms with E-state index in [9.17, 15) is 25.6 Å². The van der Waals surface area contributed by atoms with Crippen LogP contribution < -0.4 is 14.6 Å². The highest BCUT2D eigenvalue weighted by Gasteiger charge is 2.17. The minimum Gasteiger partial charge on any atom is -0.435 e. The number of benzene rings is 2. The molecule has 0 spiro atoms. The molecule has 2 rings (SSSR count). The molecule has 0 heterocycles. The summed E-state index contributed by atoms with van der Waals surface area (Å²) in [6.07, 6.45) is 1.18. The Morgan fingerprint density at radius 1 is 1.07 bits per heavy atom. The molecule has 27 heavy (non-hydrogen) atoms. The number of anilines is 1. The third-order valence-corrected chi connectivity index (χ3v) is 5.25. The van der Waals surface area contributed by atoms with Gasteiger partial charge in [-0.2, -0.15) is 8.78 Å². The summed E-state index contributed by atoms with van der Waals surface area (Å²) in [6, 6.07) is 8.61. The third kappa shape index (κ3) is 6.47. The van der Waals surface area contributed by atoms with Gasteiger partial charge in [0.2, 0.25) is 10.0 Å². The minimum absolute atomic E-state index is 0.0835. The fraction of sp³-hybridized carbons (Fsp3) is 0.0667. The van der Waals surface area contributed by atoms with Gasteiger partial charge in [-0.15, -0.1) is 0 Å². The van der Waals surface area contributed by atoms with E-state index in [0.717, 1.165) is 17.5 Å². The third-order valence-electron chi connectivity index (χ3n) is 3.05. The Bertz CT molecular complexity index is 1060. The number of alkyl halides is 2. The Labute approximate surface area is 159 Å². The van der Waals surface area contributed by atoms with Crippen molar-refractivity contribution >= 4 is 43.4 Å². The SMILES string of the molecule is NS(=O)(=O)c1ccc(Cl)cc1NS(=O)(=O)/C=C/c1ccc(OC(F)F)cc1. The highest BCUT2D eigenvalue weighted by molar-refractivity contribution is 7.95. The lowest BCUT2D eigenvalue weighted by Crippen LogP contribution is -2.17. The highest BCUT2D eigenvalue weighted by Crippen LogP contribution is 2.25. The molecule has 0 unspecified atom stereocenters. The van der Waals surface area contributed by atoms with E-state index in [1.807, 2.05) is 0 Å². The van der Waals surface area contributed by atoms with Gasteiger partial charge in [0.25, 0.3) is 10.0 Å². The van der Waals surface area contributed by atoms with Crippen LogP contribution in [0.25, 0.3) is 6.08 Å². The molecule has 0 bridgehead atoms. The molecule has 0 aromatic heterocycles. The lowest BCUT2D eigenvalue weighted by Gasteiger charge is -2.10. The molecule has 0 saturated carbocycles. The zero-order chi connectivity index (χ0) is 20.2. The van der Waals surface area contributed by atoms with Crippen LogP contribution in [0.2, 0.25) is 5.02 Å². The number of halogens is 3. The number of primary sulfonamides is 1. The van der Waals surface area contributed by atoms with E-state index in [0.29, 0.717) is 5.56 Å². The molecule has 12 heteroatoms. The number of sulfonamides is 2. The van der Waals surface area contributed by atoms with Crippen LogP contribution in [0.1, 0.15) is 5.56 Å². The van der Waals surface area contributed by atoms with Gasteiger partial charge in [-0.05, 0) is 42.0 Å². The normalized spacial score (nSPS) is 12.5. The van der Waals surface area contributed by atoms with Gasteiger partial charge in [0.1, 0.15) is 10.6 Å². The number of nitrogens with one attached hydrogen (secondary N) is 1. The largest absolute Gasteiger partial charge is 0.435 e. The van der Waals surface area contributed by atoms with Gasteiger partial charge in [-0.25, -0.2) is 22.0 Å². The van der Waals surface area contributed by atoms with Gasteiger partial charge >= 0.3 is 6.61 Å². The van der Waals surface area contributed by atoms with Crippen LogP contribution >= 0.6 is 11.6 Å². The second-order valence-corrected chi connectivity index (χ2v) is 8.62. The molecule has 0 fully saturated rings. The van der Waals surface area contributed by atoms with Crippen molar-refractivity contribution in [1.29, 1.82) is 0 Å². The predicted octanol–water partition coefficient (Wildman–Crippen LogP) is 3.00. The standard InChI is InChI=1S/C15H13ClF2N2O5S2/c16-11-3-6-14(27(19,23)24)13(9-11)20-26(21,22)8-7-10-1-4-12(5-2-10)25-15(17)18/h1-9,15,20H,(H2,19,23,24)/b8-7+. The van der Waals surface area contributed by atoms with Gasteiger partial charge in [-0.3, -0.25) is 4.72 Å². The quantitative estimate of drug-likeness (QED) is 0.689. The first-order chi connectivity index (χ1) is 12.5. The number of rotatable bonds is 7. The van der Waals surface area contributed by atoms with Crippen molar-refractivity contribution in [3.05, 3.63) is 58.5 Å². The van der Waals surface area contributed by atoms with Crippen LogP contribution in [-0.4, -0.2) is 23.4 Å².